The van der Waals surface area contributed by atoms with E-state index in [0.29, 0.717) is 5.56 Å². The van der Waals surface area contributed by atoms with Gasteiger partial charge < -0.3 is 0 Å². The SMILES string of the molecule is N#Cc1cc(F)c(-c2ccc(-c3ccc4c(c3)nc(-c3ccccc3)c3ccc5nn(-c6ccccc6)nc5c34)cc2)c(F)c1. The average Bonchev–Trinajstić information content (AvgIpc) is 3.53. The molecule has 0 saturated carbocycles. The number of nitriles is 1. The van der Waals surface area contributed by atoms with Crippen LogP contribution in [0.1, 0.15) is 5.56 Å². The van der Waals surface area contributed by atoms with Gasteiger partial charge in [0.25, 0.3) is 0 Å². The highest BCUT2D eigenvalue weighted by Gasteiger charge is 2.18. The van der Waals surface area contributed by atoms with Gasteiger partial charge in [-0.05, 0) is 59.2 Å². The molecule has 0 N–H and O–H groups in total. The maximum absolute atomic E-state index is 14.7. The van der Waals surface area contributed by atoms with Crippen LogP contribution in [0.25, 0.3) is 71.9 Å². The summed E-state index contributed by atoms with van der Waals surface area (Å²) >= 11 is 0. The van der Waals surface area contributed by atoms with Crippen LogP contribution in [-0.4, -0.2) is 20.0 Å². The number of hydrogen-bond acceptors (Lipinski definition) is 4. The zero-order chi connectivity index (χ0) is 30.5. The third-order valence-electron chi connectivity index (χ3n) is 8.02. The summed E-state index contributed by atoms with van der Waals surface area (Å²) in [5.41, 5.74) is 6.98. The highest BCUT2D eigenvalue weighted by Crippen LogP contribution is 2.38. The lowest BCUT2D eigenvalue weighted by atomic mass is 9.95. The molecule has 6 aromatic carbocycles. The number of hydrogen-bond donors (Lipinski definition) is 0. The summed E-state index contributed by atoms with van der Waals surface area (Å²) in [5.74, 6) is -1.55. The summed E-state index contributed by atoms with van der Waals surface area (Å²) in [6, 6.07) is 40.9. The molecule has 8 rings (SSSR count). The zero-order valence-electron chi connectivity index (χ0n) is 23.6. The van der Waals surface area contributed by atoms with Crippen LogP contribution in [0.3, 0.4) is 0 Å². The van der Waals surface area contributed by atoms with Crippen LogP contribution in [0.5, 0.6) is 0 Å². The van der Waals surface area contributed by atoms with E-state index in [1.54, 1.807) is 23.0 Å². The Balaban J connectivity index is 1.30. The molecule has 0 amide bonds. The van der Waals surface area contributed by atoms with Crippen molar-refractivity contribution in [3.05, 3.63) is 145 Å². The first-order valence-electron chi connectivity index (χ1n) is 14.3. The van der Waals surface area contributed by atoms with Crippen molar-refractivity contribution in [3.63, 3.8) is 0 Å². The quantitative estimate of drug-likeness (QED) is 0.193. The van der Waals surface area contributed by atoms with Crippen LogP contribution >= 0.6 is 0 Å². The van der Waals surface area contributed by atoms with E-state index in [1.165, 1.54) is 0 Å². The molecule has 8 aromatic rings. The van der Waals surface area contributed by atoms with Gasteiger partial charge in [-0.25, -0.2) is 13.8 Å². The maximum Gasteiger partial charge on any atom is 0.135 e. The van der Waals surface area contributed by atoms with Crippen molar-refractivity contribution in [3.8, 4) is 45.3 Å². The van der Waals surface area contributed by atoms with E-state index < -0.39 is 11.6 Å². The van der Waals surface area contributed by atoms with Crippen molar-refractivity contribution in [1.29, 1.82) is 5.26 Å². The zero-order valence-corrected chi connectivity index (χ0v) is 23.6. The molecule has 0 spiro atoms. The van der Waals surface area contributed by atoms with Crippen LogP contribution in [0.4, 0.5) is 8.78 Å². The highest BCUT2D eigenvalue weighted by atomic mass is 19.1. The Morgan fingerprint density at radius 3 is 1.93 bits per heavy atom. The molecule has 0 unspecified atom stereocenters. The van der Waals surface area contributed by atoms with Gasteiger partial charge in [0.2, 0.25) is 0 Å². The van der Waals surface area contributed by atoms with Gasteiger partial charge in [0.15, 0.2) is 0 Å². The summed E-state index contributed by atoms with van der Waals surface area (Å²) in [5, 5.41) is 21.6. The summed E-state index contributed by atoms with van der Waals surface area (Å²) in [6.07, 6.45) is 0. The number of halogens is 2. The molecule has 0 aliphatic heterocycles. The monoisotopic (exact) mass is 585 g/mol. The first kappa shape index (κ1) is 26.4. The van der Waals surface area contributed by atoms with Gasteiger partial charge in [-0.1, -0.05) is 84.9 Å². The van der Waals surface area contributed by atoms with Gasteiger partial charge in [-0.2, -0.15) is 10.1 Å². The third kappa shape index (κ3) is 4.48. The minimum Gasteiger partial charge on any atom is -0.247 e. The molecule has 0 saturated heterocycles. The van der Waals surface area contributed by atoms with Gasteiger partial charge in [0.1, 0.15) is 22.7 Å². The van der Waals surface area contributed by atoms with Crippen LogP contribution in [0.15, 0.2) is 127 Å². The summed E-state index contributed by atoms with van der Waals surface area (Å²) in [6.45, 7) is 0. The smallest absolute Gasteiger partial charge is 0.135 e. The standard InChI is InChI=1S/C38H21F2N5/c39-31-19-23(22-41)20-32(40)35(31)25-13-11-24(12-14-25)27-15-16-29-34(21-27)42-37(26-7-3-1-4-8-26)30-17-18-33-38(36(29)30)44-45(43-33)28-9-5-2-6-10-28/h1-21H. The molecular formula is C38H21F2N5. The molecule has 5 nitrogen and oxygen atoms in total. The van der Waals surface area contributed by atoms with E-state index >= 15 is 0 Å². The third-order valence-corrected chi connectivity index (χ3v) is 8.02. The number of aromatic nitrogens is 4. The molecule has 45 heavy (non-hydrogen) atoms. The Bertz CT molecular complexity index is 2420. The second kappa shape index (κ2) is 10.5. The van der Waals surface area contributed by atoms with E-state index in [-0.39, 0.29) is 11.1 Å². The number of pyridine rings is 1. The van der Waals surface area contributed by atoms with E-state index in [2.05, 4.69) is 6.07 Å². The number of para-hydroxylation sites is 1. The van der Waals surface area contributed by atoms with Gasteiger partial charge in [-0.3, -0.25) is 0 Å². The first-order valence-corrected chi connectivity index (χ1v) is 14.3. The van der Waals surface area contributed by atoms with Gasteiger partial charge in [0.05, 0.1) is 34.1 Å². The Morgan fingerprint density at radius 2 is 1.22 bits per heavy atom. The van der Waals surface area contributed by atoms with E-state index in [4.69, 9.17) is 20.4 Å². The number of rotatable bonds is 4. The summed E-state index contributed by atoms with van der Waals surface area (Å²) in [7, 11) is 0. The first-order chi connectivity index (χ1) is 22.1. The summed E-state index contributed by atoms with van der Waals surface area (Å²) in [4.78, 5) is 6.82. The van der Waals surface area contributed by atoms with Crippen molar-refractivity contribution in [2.75, 3.05) is 0 Å². The largest absolute Gasteiger partial charge is 0.247 e. The second-order valence-corrected chi connectivity index (χ2v) is 10.7. The van der Waals surface area contributed by atoms with Crippen molar-refractivity contribution < 1.29 is 8.78 Å². The fourth-order valence-corrected chi connectivity index (χ4v) is 5.88. The average molecular weight is 586 g/mol. The normalized spacial score (nSPS) is 11.3. The Hall–Kier alpha value is -6.26. The fourth-order valence-electron chi connectivity index (χ4n) is 5.88. The summed E-state index contributed by atoms with van der Waals surface area (Å²) < 4.78 is 29.4. The van der Waals surface area contributed by atoms with E-state index in [0.717, 1.165) is 72.9 Å². The maximum atomic E-state index is 14.7. The van der Waals surface area contributed by atoms with Crippen LogP contribution in [-0.2, 0) is 0 Å². The van der Waals surface area contributed by atoms with Crippen LogP contribution in [0, 0.1) is 23.0 Å². The topological polar surface area (TPSA) is 67.4 Å². The molecule has 0 aliphatic rings. The van der Waals surface area contributed by atoms with Crippen molar-refractivity contribution in [1.82, 2.24) is 20.0 Å². The second-order valence-electron chi connectivity index (χ2n) is 10.7. The van der Waals surface area contributed by atoms with Gasteiger partial charge >= 0.3 is 0 Å². The molecule has 2 aromatic heterocycles. The molecule has 2 heterocycles. The lowest BCUT2D eigenvalue weighted by molar-refractivity contribution is 0.589. The van der Waals surface area contributed by atoms with Crippen LogP contribution in [0.2, 0.25) is 0 Å². The van der Waals surface area contributed by atoms with Crippen molar-refractivity contribution in [2.45, 2.75) is 0 Å². The van der Waals surface area contributed by atoms with Crippen LogP contribution < -0.4 is 0 Å². The van der Waals surface area contributed by atoms with Crippen molar-refractivity contribution >= 4 is 32.7 Å². The van der Waals surface area contributed by atoms with E-state index in [1.807, 2.05) is 97.1 Å². The Morgan fingerprint density at radius 1 is 0.578 bits per heavy atom. The minimum atomic E-state index is -0.773. The molecule has 7 heteroatoms. The molecule has 0 aliphatic carbocycles. The number of fused-ring (bicyclic) bond motifs is 5. The number of benzene rings is 6. The van der Waals surface area contributed by atoms with Crippen molar-refractivity contribution in [2.24, 2.45) is 0 Å². The lowest BCUT2D eigenvalue weighted by Gasteiger charge is -2.12. The lowest BCUT2D eigenvalue weighted by Crippen LogP contribution is -1.97. The Labute approximate surface area is 256 Å². The molecule has 0 fully saturated rings. The predicted octanol–water partition coefficient (Wildman–Crippen LogP) is 9.27. The van der Waals surface area contributed by atoms with Gasteiger partial charge in [-0.15, -0.1) is 10.2 Å². The predicted molar refractivity (Wildman–Crippen MR) is 173 cm³/mol. The molecule has 0 atom stereocenters. The molecule has 212 valence electrons. The molecular weight excluding hydrogens is 564 g/mol. The van der Waals surface area contributed by atoms with E-state index in [9.17, 15) is 8.78 Å². The molecule has 0 radical (unpaired) electrons. The Kier molecular flexibility index (Phi) is 6.14. The highest BCUT2D eigenvalue weighted by molar-refractivity contribution is 6.21. The molecule has 0 bridgehead atoms. The van der Waals surface area contributed by atoms with Gasteiger partial charge in [0, 0.05) is 21.7 Å². The number of nitrogens with zero attached hydrogens (tertiary/aromatic N) is 5. The fraction of sp³-hybridized carbons (Fsp3) is 0. The minimum absolute atomic E-state index is 0.0590.